The molecule has 0 aromatic heterocycles. The van der Waals surface area contributed by atoms with E-state index < -0.39 is 18.0 Å². The summed E-state index contributed by atoms with van der Waals surface area (Å²) in [7, 11) is 0. The second-order valence-electron chi connectivity index (χ2n) is 4.64. The molecular weight excluding hydrogens is 250 g/mol. The molecule has 0 radical (unpaired) electrons. The van der Waals surface area contributed by atoms with Crippen LogP contribution in [0.2, 0.25) is 0 Å². The van der Waals surface area contributed by atoms with E-state index in [9.17, 15) is 9.90 Å². The van der Waals surface area contributed by atoms with Crippen LogP contribution in [0.25, 0.3) is 0 Å². The second kappa shape index (κ2) is 5.07. The number of esters is 1. The third-order valence-corrected chi connectivity index (χ3v) is 2.78. The smallest absolute Gasteiger partial charge is 0.358 e. The Balaban J connectivity index is 2.12. The van der Waals surface area contributed by atoms with Gasteiger partial charge >= 0.3 is 12.4 Å². The molecule has 3 N–H and O–H groups in total. The number of hydrogen-bond acceptors (Lipinski definition) is 6. The van der Waals surface area contributed by atoms with Crippen molar-refractivity contribution in [3.05, 3.63) is 23.8 Å². The maximum atomic E-state index is 11.7. The lowest BCUT2D eigenvalue weighted by Crippen LogP contribution is -2.48. The van der Waals surface area contributed by atoms with E-state index in [1.54, 1.807) is 32.0 Å². The van der Waals surface area contributed by atoms with Crippen molar-refractivity contribution in [1.82, 2.24) is 0 Å². The summed E-state index contributed by atoms with van der Waals surface area (Å²) in [6.07, 6.45) is 0.304. The summed E-state index contributed by atoms with van der Waals surface area (Å²) < 4.78 is 15.0. The standard InChI is InChI=1S/C13H17NO5/c1-3-17-11(15)13(2,14)7-8-4-5-9-10(6-8)19-12(16)18-9/h4-6,12,16H,3,7,14H2,1-2H3. The minimum absolute atomic E-state index is 0.291. The SMILES string of the molecule is CCOC(=O)C(C)(N)Cc1ccc2c(c1)OC(O)O2. The average molecular weight is 267 g/mol. The number of hydrogen-bond donors (Lipinski definition) is 2. The largest absolute Gasteiger partial charge is 0.465 e. The summed E-state index contributed by atoms with van der Waals surface area (Å²) >= 11 is 0. The molecule has 6 heteroatoms. The van der Waals surface area contributed by atoms with E-state index in [2.05, 4.69) is 0 Å². The number of ether oxygens (including phenoxy) is 3. The van der Waals surface area contributed by atoms with Gasteiger partial charge in [0.05, 0.1) is 6.61 Å². The Hall–Kier alpha value is -1.79. The third-order valence-electron chi connectivity index (χ3n) is 2.78. The zero-order valence-corrected chi connectivity index (χ0v) is 10.9. The first kappa shape index (κ1) is 13.6. The van der Waals surface area contributed by atoms with Gasteiger partial charge in [0.2, 0.25) is 0 Å². The zero-order valence-electron chi connectivity index (χ0n) is 10.9. The van der Waals surface area contributed by atoms with Crippen LogP contribution in [-0.4, -0.2) is 29.7 Å². The van der Waals surface area contributed by atoms with Crippen LogP contribution in [-0.2, 0) is 16.0 Å². The Labute approximate surface area is 111 Å². The quantitative estimate of drug-likeness (QED) is 0.774. The first-order valence-electron chi connectivity index (χ1n) is 6.03. The van der Waals surface area contributed by atoms with Crippen LogP contribution < -0.4 is 15.2 Å². The Kier molecular flexibility index (Phi) is 3.64. The lowest BCUT2D eigenvalue weighted by atomic mass is 9.94. The van der Waals surface area contributed by atoms with Crippen LogP contribution in [0.3, 0.4) is 0 Å². The van der Waals surface area contributed by atoms with Crippen LogP contribution in [0, 0.1) is 0 Å². The van der Waals surface area contributed by atoms with Gasteiger partial charge in [0.15, 0.2) is 11.5 Å². The van der Waals surface area contributed by atoms with E-state index in [1.165, 1.54) is 0 Å². The van der Waals surface area contributed by atoms with Crippen molar-refractivity contribution < 1.29 is 24.1 Å². The number of carbonyl (C=O) groups is 1. The number of aliphatic hydroxyl groups is 1. The molecular formula is C13H17NO5. The molecule has 1 heterocycles. The Morgan fingerprint density at radius 2 is 2.16 bits per heavy atom. The summed E-state index contributed by atoms with van der Waals surface area (Å²) in [6, 6.07) is 5.13. The average Bonchev–Trinajstić information content (AvgIpc) is 2.68. The molecule has 0 aliphatic carbocycles. The molecule has 2 unspecified atom stereocenters. The van der Waals surface area contributed by atoms with Crippen molar-refractivity contribution in [3.63, 3.8) is 0 Å². The maximum absolute atomic E-state index is 11.7. The number of aliphatic hydroxyl groups excluding tert-OH is 1. The lowest BCUT2D eigenvalue weighted by Gasteiger charge is -2.22. The van der Waals surface area contributed by atoms with Gasteiger partial charge in [-0.1, -0.05) is 6.07 Å². The summed E-state index contributed by atoms with van der Waals surface area (Å²) in [5.41, 5.74) is 5.65. The van der Waals surface area contributed by atoms with Gasteiger partial charge in [0, 0.05) is 6.42 Å². The van der Waals surface area contributed by atoms with E-state index in [0.29, 0.717) is 24.5 Å². The highest BCUT2D eigenvalue weighted by atomic mass is 16.8. The molecule has 0 spiro atoms. The highest BCUT2D eigenvalue weighted by Crippen LogP contribution is 2.35. The van der Waals surface area contributed by atoms with Crippen molar-refractivity contribution in [3.8, 4) is 11.5 Å². The van der Waals surface area contributed by atoms with Gasteiger partial charge in [-0.15, -0.1) is 0 Å². The minimum Gasteiger partial charge on any atom is -0.465 e. The van der Waals surface area contributed by atoms with Gasteiger partial charge in [0.25, 0.3) is 0 Å². The summed E-state index contributed by atoms with van der Waals surface area (Å²) in [5.74, 6) is 0.448. The fourth-order valence-electron chi connectivity index (χ4n) is 1.89. The van der Waals surface area contributed by atoms with Gasteiger partial charge in [-0.25, -0.2) is 0 Å². The molecule has 104 valence electrons. The van der Waals surface area contributed by atoms with Crippen molar-refractivity contribution in [2.24, 2.45) is 5.73 Å². The van der Waals surface area contributed by atoms with Gasteiger partial charge < -0.3 is 25.1 Å². The Morgan fingerprint density at radius 3 is 2.84 bits per heavy atom. The topological polar surface area (TPSA) is 91.0 Å². The molecule has 0 bridgehead atoms. The number of nitrogens with two attached hydrogens (primary N) is 1. The van der Waals surface area contributed by atoms with Crippen LogP contribution >= 0.6 is 0 Å². The summed E-state index contributed by atoms with van der Waals surface area (Å²) in [6.45, 7) is 2.36. The fraction of sp³-hybridized carbons (Fsp3) is 0.462. The van der Waals surface area contributed by atoms with Crippen LogP contribution in [0.5, 0.6) is 11.5 Å². The molecule has 2 atom stereocenters. The second-order valence-corrected chi connectivity index (χ2v) is 4.64. The third kappa shape index (κ3) is 2.97. The van der Waals surface area contributed by atoms with E-state index >= 15 is 0 Å². The predicted molar refractivity (Wildman–Crippen MR) is 66.6 cm³/mol. The van der Waals surface area contributed by atoms with E-state index in [4.69, 9.17) is 19.9 Å². The lowest BCUT2D eigenvalue weighted by molar-refractivity contribution is -0.148. The zero-order chi connectivity index (χ0) is 14.0. The monoisotopic (exact) mass is 267 g/mol. The van der Waals surface area contributed by atoms with Crippen LogP contribution in [0.4, 0.5) is 0 Å². The summed E-state index contributed by atoms with van der Waals surface area (Å²) in [4.78, 5) is 11.7. The van der Waals surface area contributed by atoms with Crippen LogP contribution in [0.15, 0.2) is 18.2 Å². The molecule has 1 aliphatic heterocycles. The summed E-state index contributed by atoms with van der Waals surface area (Å²) in [5, 5.41) is 9.19. The number of fused-ring (bicyclic) bond motifs is 1. The van der Waals surface area contributed by atoms with Gasteiger partial charge in [-0.2, -0.15) is 0 Å². The normalized spacial score (nSPS) is 19.9. The number of rotatable bonds is 4. The highest BCUT2D eigenvalue weighted by molar-refractivity contribution is 5.80. The molecule has 0 saturated heterocycles. The molecule has 1 aliphatic rings. The van der Waals surface area contributed by atoms with Crippen molar-refractivity contribution in [2.75, 3.05) is 6.61 Å². The first-order chi connectivity index (χ1) is 8.92. The Bertz CT molecular complexity index is 486. The molecule has 1 aromatic carbocycles. The molecule has 1 aromatic rings. The Morgan fingerprint density at radius 1 is 1.47 bits per heavy atom. The molecule has 0 amide bonds. The molecule has 0 fully saturated rings. The van der Waals surface area contributed by atoms with E-state index in [0.717, 1.165) is 5.56 Å². The van der Waals surface area contributed by atoms with Crippen LogP contribution in [0.1, 0.15) is 19.4 Å². The maximum Gasteiger partial charge on any atom is 0.358 e. The molecule has 19 heavy (non-hydrogen) atoms. The number of carbonyl (C=O) groups excluding carboxylic acids is 1. The predicted octanol–water partition coefficient (Wildman–Crippen LogP) is 0.557. The van der Waals surface area contributed by atoms with Gasteiger partial charge in [0.1, 0.15) is 5.54 Å². The van der Waals surface area contributed by atoms with E-state index in [1.807, 2.05) is 0 Å². The number of benzene rings is 1. The van der Waals surface area contributed by atoms with Crippen molar-refractivity contribution in [2.45, 2.75) is 32.3 Å². The highest BCUT2D eigenvalue weighted by Gasteiger charge is 2.31. The minimum atomic E-state index is -1.28. The first-order valence-corrected chi connectivity index (χ1v) is 6.03. The van der Waals surface area contributed by atoms with Crippen molar-refractivity contribution >= 4 is 5.97 Å². The molecule has 0 saturated carbocycles. The molecule has 6 nitrogen and oxygen atoms in total. The molecule has 2 rings (SSSR count). The van der Waals surface area contributed by atoms with Gasteiger partial charge in [-0.05, 0) is 31.5 Å². The van der Waals surface area contributed by atoms with E-state index in [-0.39, 0.29) is 0 Å². The van der Waals surface area contributed by atoms with Crippen molar-refractivity contribution in [1.29, 1.82) is 0 Å². The fourth-order valence-corrected chi connectivity index (χ4v) is 1.89. The van der Waals surface area contributed by atoms with Gasteiger partial charge in [-0.3, -0.25) is 4.79 Å².